The Balaban J connectivity index is 0.00000225. The summed E-state index contributed by atoms with van der Waals surface area (Å²) >= 11 is 6.08. The fraction of sp³-hybridized carbons (Fsp3) is 0.294. The summed E-state index contributed by atoms with van der Waals surface area (Å²) in [6, 6.07) is 13.7. The minimum atomic E-state index is -3.69. The van der Waals surface area contributed by atoms with Crippen molar-refractivity contribution in [3.05, 3.63) is 59.1 Å². The quantitative estimate of drug-likeness (QED) is 0.853. The zero-order valence-electron chi connectivity index (χ0n) is 13.7. The first-order valence-corrected chi connectivity index (χ1v) is 9.47. The van der Waals surface area contributed by atoms with Gasteiger partial charge in [0.15, 0.2) is 0 Å². The van der Waals surface area contributed by atoms with Gasteiger partial charge in [-0.2, -0.15) is 4.31 Å². The molecule has 1 unspecified atom stereocenters. The van der Waals surface area contributed by atoms with E-state index in [1.54, 1.807) is 30.3 Å². The number of ether oxygens (including phenoxy) is 1. The SMILES string of the molecule is COc1ccccc1S(=O)(=O)N1CCNCC1c1cccc(Cl)c1.Cl. The van der Waals surface area contributed by atoms with E-state index in [0.717, 1.165) is 5.56 Å². The molecule has 0 amide bonds. The zero-order valence-corrected chi connectivity index (χ0v) is 16.1. The number of nitrogens with zero attached hydrogens (tertiary/aromatic N) is 1. The second-order valence-corrected chi connectivity index (χ2v) is 7.84. The van der Waals surface area contributed by atoms with Crippen LogP contribution in [0.5, 0.6) is 5.75 Å². The number of halogens is 2. The number of piperazine rings is 1. The van der Waals surface area contributed by atoms with Gasteiger partial charge in [-0.25, -0.2) is 8.42 Å². The maximum Gasteiger partial charge on any atom is 0.247 e. The Kier molecular flexibility index (Phi) is 6.71. The van der Waals surface area contributed by atoms with Gasteiger partial charge in [-0.3, -0.25) is 0 Å². The zero-order chi connectivity index (χ0) is 17.2. The average Bonchev–Trinajstić information content (AvgIpc) is 2.61. The molecule has 1 aliphatic heterocycles. The van der Waals surface area contributed by atoms with Crippen molar-refractivity contribution >= 4 is 34.0 Å². The smallest absolute Gasteiger partial charge is 0.247 e. The largest absolute Gasteiger partial charge is 0.495 e. The standard InChI is InChI=1S/C17H19ClN2O3S.ClH/c1-23-16-7-2-3-8-17(16)24(21,22)20-10-9-19-12-15(20)13-5-4-6-14(18)11-13;/h2-8,11,15,19H,9-10,12H2,1H3;1H. The molecule has 0 spiro atoms. The third-order valence-electron chi connectivity index (χ3n) is 4.08. The summed E-state index contributed by atoms with van der Waals surface area (Å²) in [6.07, 6.45) is 0. The number of benzene rings is 2. The van der Waals surface area contributed by atoms with Gasteiger partial charge in [-0.05, 0) is 29.8 Å². The van der Waals surface area contributed by atoms with E-state index in [0.29, 0.717) is 30.4 Å². The molecule has 2 aromatic rings. The van der Waals surface area contributed by atoms with E-state index < -0.39 is 10.0 Å². The fourth-order valence-electron chi connectivity index (χ4n) is 2.93. The summed E-state index contributed by atoms with van der Waals surface area (Å²) in [5.41, 5.74) is 0.869. The molecule has 0 aromatic heterocycles. The van der Waals surface area contributed by atoms with Crippen LogP contribution in [-0.4, -0.2) is 39.5 Å². The van der Waals surface area contributed by atoms with E-state index in [-0.39, 0.29) is 23.3 Å². The molecule has 3 rings (SSSR count). The number of sulfonamides is 1. The van der Waals surface area contributed by atoms with Crippen LogP contribution >= 0.6 is 24.0 Å². The number of methoxy groups -OCH3 is 1. The van der Waals surface area contributed by atoms with Crippen LogP contribution in [0.1, 0.15) is 11.6 Å². The van der Waals surface area contributed by atoms with Crippen molar-refractivity contribution in [1.82, 2.24) is 9.62 Å². The molecule has 136 valence electrons. The number of rotatable bonds is 4. The first-order chi connectivity index (χ1) is 11.5. The Morgan fingerprint density at radius 2 is 1.96 bits per heavy atom. The molecular formula is C17H20Cl2N2O3S. The second-order valence-electron chi connectivity index (χ2n) is 5.54. The van der Waals surface area contributed by atoms with E-state index in [9.17, 15) is 8.42 Å². The van der Waals surface area contributed by atoms with Crippen LogP contribution in [0.3, 0.4) is 0 Å². The van der Waals surface area contributed by atoms with Crippen LogP contribution in [0.25, 0.3) is 0 Å². The number of para-hydroxylation sites is 1. The summed E-state index contributed by atoms with van der Waals surface area (Å²) in [5, 5.41) is 3.84. The molecule has 2 aromatic carbocycles. The summed E-state index contributed by atoms with van der Waals surface area (Å²) < 4.78 is 33.2. The van der Waals surface area contributed by atoms with Crippen molar-refractivity contribution in [3.63, 3.8) is 0 Å². The molecule has 25 heavy (non-hydrogen) atoms. The van der Waals surface area contributed by atoms with Crippen molar-refractivity contribution < 1.29 is 13.2 Å². The van der Waals surface area contributed by atoms with Crippen LogP contribution in [0.4, 0.5) is 0 Å². The van der Waals surface area contributed by atoms with E-state index in [1.165, 1.54) is 11.4 Å². The summed E-state index contributed by atoms with van der Waals surface area (Å²) in [4.78, 5) is 0.182. The summed E-state index contributed by atoms with van der Waals surface area (Å²) in [6.45, 7) is 1.53. The lowest BCUT2D eigenvalue weighted by atomic mass is 10.1. The Labute approximate surface area is 159 Å². The van der Waals surface area contributed by atoms with Crippen molar-refractivity contribution in [2.24, 2.45) is 0 Å². The van der Waals surface area contributed by atoms with Crippen LogP contribution in [0, 0.1) is 0 Å². The average molecular weight is 403 g/mol. The first kappa shape index (κ1) is 20.0. The second kappa shape index (κ2) is 8.38. The van der Waals surface area contributed by atoms with E-state index in [2.05, 4.69) is 5.32 Å². The van der Waals surface area contributed by atoms with Crippen LogP contribution in [0.2, 0.25) is 5.02 Å². The molecule has 0 aliphatic carbocycles. The first-order valence-electron chi connectivity index (χ1n) is 7.65. The Morgan fingerprint density at radius 3 is 2.68 bits per heavy atom. The number of hydrogen-bond donors (Lipinski definition) is 1. The summed E-state index contributed by atoms with van der Waals surface area (Å²) in [5.74, 6) is 0.348. The molecule has 1 aliphatic rings. The lowest BCUT2D eigenvalue weighted by Crippen LogP contribution is -2.48. The normalized spacial score (nSPS) is 18.4. The van der Waals surface area contributed by atoms with Gasteiger partial charge >= 0.3 is 0 Å². The minimum Gasteiger partial charge on any atom is -0.495 e. The Hall–Kier alpha value is -1.31. The lowest BCUT2D eigenvalue weighted by Gasteiger charge is -2.35. The highest BCUT2D eigenvalue weighted by Gasteiger charge is 2.35. The van der Waals surface area contributed by atoms with Crippen LogP contribution < -0.4 is 10.1 Å². The molecule has 5 nitrogen and oxygen atoms in total. The van der Waals surface area contributed by atoms with E-state index in [1.807, 2.05) is 18.2 Å². The Morgan fingerprint density at radius 1 is 1.20 bits per heavy atom. The van der Waals surface area contributed by atoms with Crippen LogP contribution in [0.15, 0.2) is 53.4 Å². The van der Waals surface area contributed by atoms with Crippen LogP contribution in [-0.2, 0) is 10.0 Å². The molecule has 8 heteroatoms. The minimum absolute atomic E-state index is 0. The third-order valence-corrected chi connectivity index (χ3v) is 6.27. The molecule has 0 saturated carbocycles. The topological polar surface area (TPSA) is 58.6 Å². The molecule has 1 saturated heterocycles. The highest BCUT2D eigenvalue weighted by Crippen LogP contribution is 2.33. The van der Waals surface area contributed by atoms with Gasteiger partial charge in [-0.1, -0.05) is 35.9 Å². The van der Waals surface area contributed by atoms with E-state index >= 15 is 0 Å². The summed E-state index contributed by atoms with van der Waals surface area (Å²) in [7, 11) is -2.22. The highest BCUT2D eigenvalue weighted by molar-refractivity contribution is 7.89. The van der Waals surface area contributed by atoms with Gasteiger partial charge in [0, 0.05) is 24.7 Å². The van der Waals surface area contributed by atoms with Crippen molar-refractivity contribution in [2.45, 2.75) is 10.9 Å². The molecule has 1 heterocycles. The molecule has 1 N–H and O–H groups in total. The van der Waals surface area contributed by atoms with Gasteiger partial charge in [0.2, 0.25) is 10.0 Å². The predicted molar refractivity (Wildman–Crippen MR) is 101 cm³/mol. The molecule has 0 radical (unpaired) electrons. The van der Waals surface area contributed by atoms with Gasteiger partial charge in [0.1, 0.15) is 10.6 Å². The van der Waals surface area contributed by atoms with Crippen molar-refractivity contribution in [2.75, 3.05) is 26.7 Å². The van der Waals surface area contributed by atoms with E-state index in [4.69, 9.17) is 16.3 Å². The highest BCUT2D eigenvalue weighted by atomic mass is 35.5. The van der Waals surface area contributed by atoms with Gasteiger partial charge in [0.05, 0.1) is 13.2 Å². The molecular weight excluding hydrogens is 383 g/mol. The molecule has 1 atom stereocenters. The number of hydrogen-bond acceptors (Lipinski definition) is 4. The third kappa shape index (κ3) is 4.10. The van der Waals surface area contributed by atoms with Crippen molar-refractivity contribution in [3.8, 4) is 5.75 Å². The number of nitrogens with one attached hydrogen (secondary N) is 1. The maximum absolute atomic E-state index is 13.2. The van der Waals surface area contributed by atoms with Gasteiger partial charge in [0.25, 0.3) is 0 Å². The van der Waals surface area contributed by atoms with Gasteiger partial charge < -0.3 is 10.1 Å². The van der Waals surface area contributed by atoms with Crippen molar-refractivity contribution in [1.29, 1.82) is 0 Å². The predicted octanol–water partition coefficient (Wildman–Crippen LogP) is 3.11. The van der Waals surface area contributed by atoms with Gasteiger partial charge in [-0.15, -0.1) is 12.4 Å². The lowest BCUT2D eigenvalue weighted by molar-refractivity contribution is 0.270. The maximum atomic E-state index is 13.2. The molecule has 1 fully saturated rings. The Bertz CT molecular complexity index is 830. The fourth-order valence-corrected chi connectivity index (χ4v) is 4.90. The monoisotopic (exact) mass is 402 g/mol. The molecule has 0 bridgehead atoms.